The summed E-state index contributed by atoms with van der Waals surface area (Å²) in [6.45, 7) is 20.1. The van der Waals surface area contributed by atoms with Crippen molar-refractivity contribution in [2.45, 2.75) is 84.5 Å². The van der Waals surface area contributed by atoms with Crippen LogP contribution < -0.4 is 15.0 Å². The Bertz CT molecular complexity index is 1210. The van der Waals surface area contributed by atoms with Gasteiger partial charge in [0.25, 0.3) is 14.2 Å². The summed E-state index contributed by atoms with van der Waals surface area (Å²) in [5.74, 6) is 0.613. The average Bonchev–Trinajstić information content (AvgIpc) is 2.98. The van der Waals surface area contributed by atoms with E-state index in [0.29, 0.717) is 41.9 Å². The monoisotopic (exact) mass is 606 g/mol. The second kappa shape index (κ2) is 15.3. The Kier molecular flexibility index (Phi) is 12.1. The van der Waals surface area contributed by atoms with E-state index in [0.717, 1.165) is 29.9 Å². The maximum atomic E-state index is 13.3. The first-order chi connectivity index (χ1) is 20.4. The lowest BCUT2D eigenvalue weighted by molar-refractivity contribution is -0.128. The molecule has 2 aromatic rings. The minimum atomic E-state index is -2.26. The minimum absolute atomic E-state index is 0.0368. The van der Waals surface area contributed by atoms with E-state index >= 15 is 0 Å². The third-order valence-corrected chi connectivity index (χ3v) is 14.5. The topological polar surface area (TPSA) is 94.9 Å². The van der Waals surface area contributed by atoms with Crippen LogP contribution in [-0.2, 0) is 9.22 Å². The number of rotatable bonds is 12. The maximum Gasteiger partial charge on any atom is 0.396 e. The van der Waals surface area contributed by atoms with Gasteiger partial charge < -0.3 is 24.3 Å². The molecular formula is C34H50N4O4Si. The molecule has 0 bridgehead atoms. The molecule has 1 unspecified atom stereocenters. The van der Waals surface area contributed by atoms with Crippen LogP contribution in [0.2, 0.25) is 16.6 Å². The van der Waals surface area contributed by atoms with E-state index in [1.807, 2.05) is 49.1 Å². The number of hydrogen-bond acceptors (Lipinski definition) is 6. The zero-order valence-corrected chi connectivity index (χ0v) is 28.2. The lowest BCUT2D eigenvalue weighted by Crippen LogP contribution is -2.55. The van der Waals surface area contributed by atoms with Gasteiger partial charge in [0.1, 0.15) is 12.3 Å². The molecule has 3 rings (SSSR count). The number of benzene rings is 2. The molecule has 9 heteroatoms. The van der Waals surface area contributed by atoms with Crippen LogP contribution in [0.3, 0.4) is 0 Å². The molecule has 0 aliphatic carbocycles. The van der Waals surface area contributed by atoms with Crippen molar-refractivity contribution in [1.29, 1.82) is 5.26 Å². The molecule has 0 aromatic heterocycles. The van der Waals surface area contributed by atoms with E-state index in [4.69, 9.17) is 14.4 Å². The van der Waals surface area contributed by atoms with Gasteiger partial charge in [-0.2, -0.15) is 5.26 Å². The van der Waals surface area contributed by atoms with Gasteiger partial charge in [0, 0.05) is 31.9 Å². The zero-order valence-electron chi connectivity index (χ0n) is 27.2. The Morgan fingerprint density at radius 2 is 1.35 bits per heavy atom. The Hall–Kier alpha value is -3.51. The number of piperazine rings is 1. The van der Waals surface area contributed by atoms with Gasteiger partial charge in [0.05, 0.1) is 6.07 Å². The molecule has 2 aromatic carbocycles. The average molecular weight is 607 g/mol. The van der Waals surface area contributed by atoms with Gasteiger partial charge in [0.15, 0.2) is 6.10 Å². The van der Waals surface area contributed by atoms with Gasteiger partial charge in [-0.25, -0.2) is 4.79 Å². The molecule has 43 heavy (non-hydrogen) atoms. The summed E-state index contributed by atoms with van der Waals surface area (Å²) in [6.07, 6.45) is -0.235. The highest BCUT2D eigenvalue weighted by molar-refractivity contribution is 6.78. The van der Waals surface area contributed by atoms with Crippen molar-refractivity contribution in [3.63, 3.8) is 0 Å². The van der Waals surface area contributed by atoms with Crippen LogP contribution in [0.5, 0.6) is 5.75 Å². The van der Waals surface area contributed by atoms with Crippen LogP contribution in [0.25, 0.3) is 11.1 Å². The Morgan fingerprint density at radius 3 is 1.81 bits per heavy atom. The summed E-state index contributed by atoms with van der Waals surface area (Å²) < 4.78 is 12.4. The third kappa shape index (κ3) is 8.53. The molecule has 2 amide bonds. The highest BCUT2D eigenvalue weighted by atomic mass is 28.4. The van der Waals surface area contributed by atoms with Gasteiger partial charge in [-0.15, -0.1) is 0 Å². The van der Waals surface area contributed by atoms with Crippen molar-refractivity contribution < 1.29 is 18.8 Å². The first-order valence-electron chi connectivity index (χ1n) is 15.6. The van der Waals surface area contributed by atoms with Crippen LogP contribution in [-0.4, -0.2) is 64.0 Å². The lowest BCUT2D eigenvalue weighted by Gasteiger charge is -2.43. The quantitative estimate of drug-likeness (QED) is 0.202. The summed E-state index contributed by atoms with van der Waals surface area (Å²) >= 11 is 0. The molecule has 0 spiro atoms. The van der Waals surface area contributed by atoms with Gasteiger partial charge in [0.2, 0.25) is 0 Å². The van der Waals surface area contributed by atoms with Crippen LogP contribution in [0.15, 0.2) is 48.5 Å². The summed E-state index contributed by atoms with van der Waals surface area (Å²) in [5, 5.41) is 11.4. The molecule has 234 valence electrons. The van der Waals surface area contributed by atoms with E-state index in [1.54, 1.807) is 0 Å². The first-order valence-corrected chi connectivity index (χ1v) is 17.8. The number of carbonyl (C=O) groups is 2. The second-order valence-corrected chi connectivity index (χ2v) is 18.2. The Morgan fingerprint density at radius 1 is 0.837 bits per heavy atom. The summed E-state index contributed by atoms with van der Waals surface area (Å²) in [5.41, 5.74) is 4.36. The van der Waals surface area contributed by atoms with Crippen LogP contribution in [0.1, 0.15) is 61.8 Å². The molecule has 1 heterocycles. The standard InChI is InChI=1S/C34H50N4O4Si/c1-24(2)23-32(33(39)36-18-17-35)41-31-15-11-29(12-16-31)28-9-13-30(14-10-28)37-19-21-38(22-20-37)34(40)42-43(25(3)4,26(5)6)27(7)8/h9-16,24-27,32H,18-23H2,1-8H3,(H,36,39). The van der Waals surface area contributed by atoms with Crippen molar-refractivity contribution in [2.75, 3.05) is 37.6 Å². The van der Waals surface area contributed by atoms with Crippen molar-refractivity contribution in [2.24, 2.45) is 5.92 Å². The van der Waals surface area contributed by atoms with Gasteiger partial charge in [-0.05, 0) is 64.4 Å². The molecule has 0 saturated carbocycles. The fourth-order valence-corrected chi connectivity index (χ4v) is 11.5. The minimum Gasteiger partial charge on any atom is -0.503 e. The van der Waals surface area contributed by atoms with E-state index in [2.05, 4.69) is 76.0 Å². The van der Waals surface area contributed by atoms with Crippen molar-refractivity contribution in [3.8, 4) is 22.9 Å². The molecule has 1 saturated heterocycles. The van der Waals surface area contributed by atoms with Crippen LogP contribution in [0, 0.1) is 17.2 Å². The largest absolute Gasteiger partial charge is 0.503 e. The summed E-state index contributed by atoms with van der Waals surface area (Å²) in [7, 11) is -2.26. The molecule has 1 atom stereocenters. The lowest BCUT2D eigenvalue weighted by atomic mass is 10.0. The molecule has 8 nitrogen and oxygen atoms in total. The number of ether oxygens (including phenoxy) is 1. The van der Waals surface area contributed by atoms with E-state index in [1.165, 1.54) is 0 Å². The fraction of sp³-hybridized carbons (Fsp3) is 0.559. The molecule has 1 fully saturated rings. The predicted octanol–water partition coefficient (Wildman–Crippen LogP) is 7.22. The number of nitrogens with one attached hydrogen (secondary N) is 1. The number of nitrogens with zero attached hydrogens (tertiary/aromatic N) is 3. The fourth-order valence-electron chi connectivity index (χ4n) is 6.35. The highest BCUT2D eigenvalue weighted by Gasteiger charge is 2.49. The normalized spacial score (nSPS) is 14.7. The third-order valence-electron chi connectivity index (χ3n) is 8.53. The molecule has 1 aliphatic rings. The Balaban J connectivity index is 1.59. The van der Waals surface area contributed by atoms with Gasteiger partial charge in [-0.3, -0.25) is 4.79 Å². The Labute approximate surface area is 259 Å². The molecule has 1 N–H and O–H groups in total. The van der Waals surface area contributed by atoms with E-state index < -0.39 is 14.4 Å². The van der Waals surface area contributed by atoms with Crippen molar-refractivity contribution >= 4 is 26.0 Å². The molecular weight excluding hydrogens is 556 g/mol. The predicted molar refractivity (Wildman–Crippen MR) is 176 cm³/mol. The number of nitriles is 1. The zero-order chi connectivity index (χ0) is 31.7. The molecule has 0 radical (unpaired) electrons. The van der Waals surface area contributed by atoms with E-state index in [9.17, 15) is 9.59 Å². The summed E-state index contributed by atoms with van der Waals surface area (Å²) in [6, 6.07) is 18.1. The number of anilines is 1. The smallest absolute Gasteiger partial charge is 0.396 e. The number of hydrogen-bond donors (Lipinski definition) is 1. The maximum absolute atomic E-state index is 13.3. The van der Waals surface area contributed by atoms with Crippen LogP contribution in [0.4, 0.5) is 10.5 Å². The number of carbonyl (C=O) groups excluding carboxylic acids is 2. The van der Waals surface area contributed by atoms with Crippen molar-refractivity contribution in [3.05, 3.63) is 48.5 Å². The molecule has 1 aliphatic heterocycles. The SMILES string of the molecule is CC(C)CC(Oc1ccc(-c2ccc(N3CCN(C(=O)O[Si](C(C)C)(C(C)C)C(C)C)CC3)cc2)cc1)C(=O)NCC#N. The number of amides is 2. The van der Waals surface area contributed by atoms with Gasteiger partial charge in [-0.1, -0.05) is 79.7 Å². The second-order valence-electron chi connectivity index (χ2n) is 12.8. The summed E-state index contributed by atoms with van der Waals surface area (Å²) in [4.78, 5) is 29.9. The van der Waals surface area contributed by atoms with E-state index in [-0.39, 0.29) is 24.5 Å². The highest BCUT2D eigenvalue weighted by Crippen LogP contribution is 2.42. The first kappa shape index (κ1) is 34.0. The van der Waals surface area contributed by atoms with Crippen molar-refractivity contribution in [1.82, 2.24) is 10.2 Å². The van der Waals surface area contributed by atoms with Gasteiger partial charge >= 0.3 is 6.09 Å². The van der Waals surface area contributed by atoms with Crippen LogP contribution >= 0.6 is 0 Å².